The molecule has 1 atom stereocenters. The highest BCUT2D eigenvalue weighted by Gasteiger charge is 2.17. The summed E-state index contributed by atoms with van der Waals surface area (Å²) in [5.41, 5.74) is 5.56. The molecule has 0 aromatic carbocycles. The summed E-state index contributed by atoms with van der Waals surface area (Å²) in [4.78, 5) is 2.04. The van der Waals surface area contributed by atoms with Gasteiger partial charge in [0.2, 0.25) is 5.96 Å². The number of hydrogen-bond acceptors (Lipinski definition) is 2. The van der Waals surface area contributed by atoms with Gasteiger partial charge in [-0.2, -0.15) is 0 Å². The van der Waals surface area contributed by atoms with Crippen LogP contribution in [0.4, 0.5) is 0 Å². The fourth-order valence-corrected chi connectivity index (χ4v) is 1.48. The maximum Gasteiger partial charge on any atom is 0.213 e. The molecule has 0 aliphatic carbocycles. The first-order valence-electron chi connectivity index (χ1n) is 4.02. The van der Waals surface area contributed by atoms with Crippen LogP contribution in [0.2, 0.25) is 0 Å². The van der Waals surface area contributed by atoms with E-state index in [4.69, 9.17) is 11.6 Å². The summed E-state index contributed by atoms with van der Waals surface area (Å²) >= 11 is 0. The molecule has 1 aliphatic rings. The number of hydrazone groups is 1. The van der Waals surface area contributed by atoms with Crippen molar-refractivity contribution in [1.82, 2.24) is 4.90 Å². The molecule has 1 fully saturated rings. The van der Waals surface area contributed by atoms with Crippen LogP contribution >= 0.6 is 0 Å². The monoisotopic (exact) mass is 156 g/mol. The zero-order chi connectivity index (χ0) is 8.27. The van der Waals surface area contributed by atoms with E-state index in [-0.39, 0.29) is 0 Å². The quantitative estimate of drug-likeness (QED) is 0.223. The molecule has 0 aromatic rings. The third kappa shape index (κ3) is 2.00. The van der Waals surface area contributed by atoms with Gasteiger partial charge in [-0.05, 0) is 18.8 Å². The van der Waals surface area contributed by atoms with E-state index in [1.807, 2.05) is 4.90 Å². The molecule has 11 heavy (non-hydrogen) atoms. The normalized spacial score (nSPS) is 27.2. The van der Waals surface area contributed by atoms with Crippen molar-refractivity contribution in [3.63, 3.8) is 0 Å². The number of guanidine groups is 1. The maximum atomic E-state index is 5.56. The van der Waals surface area contributed by atoms with Gasteiger partial charge >= 0.3 is 0 Å². The highest BCUT2D eigenvalue weighted by molar-refractivity contribution is 5.77. The van der Waals surface area contributed by atoms with Gasteiger partial charge in [-0.3, -0.25) is 0 Å². The van der Waals surface area contributed by atoms with Crippen molar-refractivity contribution in [2.45, 2.75) is 19.8 Å². The molecule has 0 radical (unpaired) electrons. The van der Waals surface area contributed by atoms with Gasteiger partial charge in [0.05, 0.1) is 0 Å². The lowest BCUT2D eigenvalue weighted by molar-refractivity contribution is 0.270. The van der Waals surface area contributed by atoms with Crippen LogP contribution in [-0.4, -0.2) is 23.9 Å². The van der Waals surface area contributed by atoms with Gasteiger partial charge in [0.15, 0.2) is 0 Å². The summed E-state index contributed by atoms with van der Waals surface area (Å²) in [5, 5.41) is 3.47. The van der Waals surface area contributed by atoms with Crippen LogP contribution in [0.1, 0.15) is 19.8 Å². The molecule has 0 spiro atoms. The smallest absolute Gasteiger partial charge is 0.213 e. The van der Waals surface area contributed by atoms with Crippen LogP contribution in [0, 0.1) is 5.92 Å². The number of nitrogens with two attached hydrogens (primary N) is 2. The van der Waals surface area contributed by atoms with Crippen LogP contribution in [0.15, 0.2) is 5.10 Å². The fourth-order valence-electron chi connectivity index (χ4n) is 1.48. The van der Waals surface area contributed by atoms with Gasteiger partial charge in [0, 0.05) is 13.1 Å². The van der Waals surface area contributed by atoms with Gasteiger partial charge in [-0.1, -0.05) is 6.92 Å². The molecule has 0 bridgehead atoms. The Bertz CT molecular complexity index is 155. The number of rotatable bonds is 0. The van der Waals surface area contributed by atoms with E-state index >= 15 is 0 Å². The number of likely N-dealkylation sites (tertiary alicyclic amines) is 1. The van der Waals surface area contributed by atoms with Crippen molar-refractivity contribution in [2.24, 2.45) is 22.6 Å². The maximum absolute atomic E-state index is 5.56. The minimum absolute atomic E-state index is 0.469. The Morgan fingerprint density at radius 2 is 2.36 bits per heavy atom. The summed E-state index contributed by atoms with van der Waals surface area (Å²) in [6.07, 6.45) is 2.48. The predicted octanol–water partition coefficient (Wildman–Crippen LogP) is -0.0933. The van der Waals surface area contributed by atoms with E-state index in [9.17, 15) is 0 Å². The molecule has 1 saturated heterocycles. The Morgan fingerprint density at radius 3 is 2.91 bits per heavy atom. The lowest BCUT2D eigenvalue weighted by Gasteiger charge is -2.31. The molecular weight excluding hydrogens is 140 g/mol. The highest BCUT2D eigenvalue weighted by Crippen LogP contribution is 2.14. The Kier molecular flexibility index (Phi) is 2.57. The molecule has 64 valence electrons. The Labute approximate surface area is 67.2 Å². The number of hydrogen-bond donors (Lipinski definition) is 2. The first-order valence-corrected chi connectivity index (χ1v) is 4.02. The molecule has 4 N–H and O–H groups in total. The summed E-state index contributed by atoms with van der Waals surface area (Å²) in [6.45, 7) is 4.21. The third-order valence-electron chi connectivity index (χ3n) is 2.11. The van der Waals surface area contributed by atoms with Crippen LogP contribution < -0.4 is 11.6 Å². The van der Waals surface area contributed by atoms with Crippen molar-refractivity contribution in [3.8, 4) is 0 Å². The first kappa shape index (κ1) is 8.17. The minimum atomic E-state index is 0.469. The molecule has 4 nitrogen and oxygen atoms in total. The molecule has 0 saturated carbocycles. The average molecular weight is 156 g/mol. The average Bonchev–Trinajstić information content (AvgIpc) is 2.03. The summed E-state index contributed by atoms with van der Waals surface area (Å²) in [5.74, 6) is 6.25. The molecule has 1 rings (SSSR count). The van der Waals surface area contributed by atoms with Crippen molar-refractivity contribution in [3.05, 3.63) is 0 Å². The Morgan fingerprint density at radius 1 is 1.64 bits per heavy atom. The molecule has 4 heteroatoms. The summed E-state index contributed by atoms with van der Waals surface area (Å²) < 4.78 is 0. The van der Waals surface area contributed by atoms with E-state index in [0.717, 1.165) is 13.1 Å². The lowest BCUT2D eigenvalue weighted by Crippen LogP contribution is -2.43. The van der Waals surface area contributed by atoms with Gasteiger partial charge in [-0.25, -0.2) is 0 Å². The standard InChI is InChI=1S/C7H16N4/c1-6-3-2-4-11(5-6)7(8)10-9/h6H,2-5,9H2,1H3,(H2,8,10). The zero-order valence-corrected chi connectivity index (χ0v) is 6.95. The van der Waals surface area contributed by atoms with Gasteiger partial charge in [-0.15, -0.1) is 5.10 Å². The van der Waals surface area contributed by atoms with Gasteiger partial charge in [0.25, 0.3) is 0 Å². The second kappa shape index (κ2) is 3.46. The van der Waals surface area contributed by atoms with Crippen LogP contribution in [0.25, 0.3) is 0 Å². The van der Waals surface area contributed by atoms with E-state index in [1.54, 1.807) is 0 Å². The topological polar surface area (TPSA) is 67.6 Å². The number of nitrogens with zero attached hydrogens (tertiary/aromatic N) is 2. The van der Waals surface area contributed by atoms with Crippen LogP contribution in [0.5, 0.6) is 0 Å². The first-order chi connectivity index (χ1) is 5.24. The zero-order valence-electron chi connectivity index (χ0n) is 6.95. The van der Waals surface area contributed by atoms with E-state index < -0.39 is 0 Å². The molecule has 1 unspecified atom stereocenters. The van der Waals surface area contributed by atoms with E-state index in [1.165, 1.54) is 12.8 Å². The van der Waals surface area contributed by atoms with Gasteiger partial charge in [0.1, 0.15) is 0 Å². The Balaban J connectivity index is 2.46. The highest BCUT2D eigenvalue weighted by atomic mass is 15.3. The molecule has 0 aromatic heterocycles. The number of piperidine rings is 1. The molecule has 1 aliphatic heterocycles. The largest absolute Gasteiger partial charge is 0.368 e. The van der Waals surface area contributed by atoms with E-state index in [2.05, 4.69) is 12.0 Å². The fraction of sp³-hybridized carbons (Fsp3) is 0.857. The molecule has 1 heterocycles. The van der Waals surface area contributed by atoms with Crippen molar-refractivity contribution in [2.75, 3.05) is 13.1 Å². The second-order valence-electron chi connectivity index (χ2n) is 3.18. The van der Waals surface area contributed by atoms with E-state index in [0.29, 0.717) is 11.9 Å². The predicted molar refractivity (Wildman–Crippen MR) is 45.8 cm³/mol. The van der Waals surface area contributed by atoms with Crippen molar-refractivity contribution in [1.29, 1.82) is 0 Å². The second-order valence-corrected chi connectivity index (χ2v) is 3.18. The van der Waals surface area contributed by atoms with Crippen LogP contribution in [-0.2, 0) is 0 Å². The summed E-state index contributed by atoms with van der Waals surface area (Å²) in [7, 11) is 0. The van der Waals surface area contributed by atoms with Crippen molar-refractivity contribution < 1.29 is 0 Å². The summed E-state index contributed by atoms with van der Waals surface area (Å²) in [6, 6.07) is 0. The molecular formula is C7H16N4. The Hall–Kier alpha value is -0.930. The van der Waals surface area contributed by atoms with Gasteiger partial charge < -0.3 is 16.5 Å². The SMILES string of the molecule is CC1CCCN(/C(N)=N/N)C1. The minimum Gasteiger partial charge on any atom is -0.368 e. The lowest BCUT2D eigenvalue weighted by atomic mass is 10.0. The van der Waals surface area contributed by atoms with Crippen LogP contribution in [0.3, 0.4) is 0 Å². The van der Waals surface area contributed by atoms with Crippen molar-refractivity contribution >= 4 is 5.96 Å². The third-order valence-corrected chi connectivity index (χ3v) is 2.11. The molecule has 0 amide bonds.